The Bertz CT molecular complexity index is 1770. The Morgan fingerprint density at radius 1 is 0.660 bits per heavy atom. The van der Waals surface area contributed by atoms with Crippen LogP contribution in [0, 0.1) is 0 Å². The van der Waals surface area contributed by atoms with Gasteiger partial charge in [0.1, 0.15) is 5.69 Å². The van der Waals surface area contributed by atoms with Crippen molar-refractivity contribution >= 4 is 17.9 Å². The van der Waals surface area contributed by atoms with Crippen LogP contribution in [0.15, 0.2) is 128 Å². The van der Waals surface area contributed by atoms with Crippen molar-refractivity contribution < 1.29 is 38.1 Å². The van der Waals surface area contributed by atoms with Crippen molar-refractivity contribution in [1.29, 1.82) is 0 Å². The average molecular weight is 634 g/mol. The van der Waals surface area contributed by atoms with E-state index < -0.39 is 42.5 Å². The van der Waals surface area contributed by atoms with Crippen LogP contribution in [0.4, 0.5) is 0 Å². The molecule has 1 aliphatic heterocycles. The first-order valence-corrected chi connectivity index (χ1v) is 15.0. The molecule has 0 saturated carbocycles. The van der Waals surface area contributed by atoms with Crippen LogP contribution in [-0.2, 0) is 36.8 Å². The first-order chi connectivity index (χ1) is 23.0. The molecule has 4 atom stereocenters. The minimum Gasteiger partial charge on any atom is -0.452 e. The molecule has 4 aromatic carbocycles. The van der Waals surface area contributed by atoms with Crippen molar-refractivity contribution in [3.63, 3.8) is 0 Å². The molecule has 11 heteroatoms. The lowest BCUT2D eigenvalue weighted by Crippen LogP contribution is -2.58. The second-order valence-corrected chi connectivity index (χ2v) is 10.7. The predicted molar refractivity (Wildman–Crippen MR) is 167 cm³/mol. The highest BCUT2D eigenvalue weighted by molar-refractivity contribution is 5.91. The van der Waals surface area contributed by atoms with E-state index in [2.05, 4.69) is 10.3 Å². The smallest absolute Gasteiger partial charge is 0.338 e. The van der Waals surface area contributed by atoms with Gasteiger partial charge in [-0.1, -0.05) is 90.1 Å². The van der Waals surface area contributed by atoms with E-state index in [1.54, 1.807) is 102 Å². The van der Waals surface area contributed by atoms with Gasteiger partial charge in [0.2, 0.25) is 0 Å². The second kappa shape index (κ2) is 15.1. The summed E-state index contributed by atoms with van der Waals surface area (Å²) in [6.45, 7) is 0.236. The number of benzene rings is 4. The van der Waals surface area contributed by atoms with Gasteiger partial charge in [-0.25, -0.2) is 19.1 Å². The van der Waals surface area contributed by atoms with Crippen molar-refractivity contribution in [3.8, 4) is 0 Å². The van der Waals surface area contributed by atoms with Crippen LogP contribution in [0.3, 0.4) is 0 Å². The molecule has 5 aromatic rings. The van der Waals surface area contributed by atoms with E-state index in [-0.39, 0.29) is 29.9 Å². The van der Waals surface area contributed by atoms with Gasteiger partial charge in [0.05, 0.1) is 42.6 Å². The highest BCUT2D eigenvalue weighted by atomic mass is 16.7. The normalized spacial score (nSPS) is 19.0. The zero-order valence-corrected chi connectivity index (χ0v) is 25.2. The van der Waals surface area contributed by atoms with Crippen LogP contribution >= 0.6 is 0 Å². The second-order valence-electron chi connectivity index (χ2n) is 10.7. The molecule has 0 amide bonds. The van der Waals surface area contributed by atoms with E-state index in [0.29, 0.717) is 12.2 Å². The quantitative estimate of drug-likeness (QED) is 0.147. The Kier molecular flexibility index (Phi) is 10.1. The summed E-state index contributed by atoms with van der Waals surface area (Å²) in [5, 5.41) is 8.37. The third kappa shape index (κ3) is 8.15. The van der Waals surface area contributed by atoms with Gasteiger partial charge in [0.15, 0.2) is 24.6 Å². The monoisotopic (exact) mass is 633 g/mol. The number of nitrogens with zero attached hydrogens (tertiary/aromatic N) is 3. The fourth-order valence-corrected chi connectivity index (χ4v) is 4.99. The zero-order valence-electron chi connectivity index (χ0n) is 25.2. The Hall–Kier alpha value is -5.65. The average Bonchev–Trinajstić information content (AvgIpc) is 3.57. The Labute approximate surface area is 270 Å². The molecule has 0 N–H and O–H groups in total. The molecule has 0 unspecified atom stereocenters. The van der Waals surface area contributed by atoms with Gasteiger partial charge < -0.3 is 23.7 Å². The zero-order chi connectivity index (χ0) is 32.4. The van der Waals surface area contributed by atoms with Gasteiger partial charge in [0, 0.05) is 0 Å². The summed E-state index contributed by atoms with van der Waals surface area (Å²) in [6, 6.07) is 34.8. The van der Waals surface area contributed by atoms with Gasteiger partial charge in [-0.3, -0.25) is 0 Å². The number of rotatable bonds is 11. The van der Waals surface area contributed by atoms with Gasteiger partial charge in [-0.15, -0.1) is 5.10 Å². The lowest BCUT2D eigenvalue weighted by atomic mass is 10.0. The van der Waals surface area contributed by atoms with E-state index in [1.807, 2.05) is 30.3 Å². The van der Waals surface area contributed by atoms with Gasteiger partial charge >= 0.3 is 17.9 Å². The van der Waals surface area contributed by atoms with Crippen molar-refractivity contribution in [2.24, 2.45) is 0 Å². The van der Waals surface area contributed by atoms with Crippen LogP contribution in [0.5, 0.6) is 0 Å². The Morgan fingerprint density at radius 3 is 1.70 bits per heavy atom. The van der Waals surface area contributed by atoms with Gasteiger partial charge in [-0.2, -0.15) is 0 Å². The number of aromatic nitrogens is 3. The molecule has 2 heterocycles. The molecule has 11 nitrogen and oxygen atoms in total. The number of hydrogen-bond donors (Lipinski definition) is 0. The van der Waals surface area contributed by atoms with E-state index >= 15 is 0 Å². The predicted octanol–water partition coefficient (Wildman–Crippen LogP) is 4.88. The maximum absolute atomic E-state index is 13.4. The molecule has 0 aliphatic carbocycles. The summed E-state index contributed by atoms with van der Waals surface area (Å²) >= 11 is 0. The standard InChI is InChI=1S/C36H31N3O8/c40-33(26-15-7-2-8-16-26)45-30-24-44-36(43-23-29-22-39(38-37-29)21-25-13-5-1-6-14-25)32(47-35(42)28-19-11-4-12-20-28)31(30)46-34(41)27-17-9-3-10-18-27/h1-20,22,30-32,36H,21,23-24H2/t30-,31-,32-,36-/m1/s1. The van der Waals surface area contributed by atoms with Crippen LogP contribution in [0.1, 0.15) is 42.3 Å². The van der Waals surface area contributed by atoms with E-state index in [4.69, 9.17) is 23.7 Å². The molecule has 1 fully saturated rings. The summed E-state index contributed by atoms with van der Waals surface area (Å²) in [4.78, 5) is 39.8. The molecule has 6 rings (SSSR count). The molecule has 0 radical (unpaired) electrons. The summed E-state index contributed by atoms with van der Waals surface area (Å²) in [6.07, 6.45) is -3.26. The van der Waals surface area contributed by atoms with Crippen LogP contribution in [-0.4, -0.2) is 64.1 Å². The van der Waals surface area contributed by atoms with Crippen LogP contribution in [0.2, 0.25) is 0 Å². The topological polar surface area (TPSA) is 128 Å². The van der Waals surface area contributed by atoms with E-state index in [1.165, 1.54) is 0 Å². The highest BCUT2D eigenvalue weighted by Crippen LogP contribution is 2.28. The minimum atomic E-state index is -1.34. The van der Waals surface area contributed by atoms with Crippen LogP contribution in [0.25, 0.3) is 0 Å². The molecular weight excluding hydrogens is 602 g/mol. The van der Waals surface area contributed by atoms with Crippen molar-refractivity contribution in [2.75, 3.05) is 6.61 Å². The first-order valence-electron chi connectivity index (χ1n) is 15.0. The summed E-state index contributed by atoms with van der Waals surface area (Å²) in [5.74, 6) is -2.08. The third-order valence-electron chi connectivity index (χ3n) is 7.33. The fraction of sp³-hybridized carbons (Fsp3) is 0.194. The maximum Gasteiger partial charge on any atom is 0.338 e. The summed E-state index contributed by atoms with van der Waals surface area (Å²) < 4.78 is 31.4. The number of esters is 3. The largest absolute Gasteiger partial charge is 0.452 e. The first kappa shape index (κ1) is 31.3. The van der Waals surface area contributed by atoms with Crippen molar-refractivity contribution in [1.82, 2.24) is 15.0 Å². The molecule has 1 aromatic heterocycles. The molecule has 1 saturated heterocycles. The molecule has 47 heavy (non-hydrogen) atoms. The summed E-state index contributed by atoms with van der Waals surface area (Å²) in [5.41, 5.74) is 2.34. The molecule has 1 aliphatic rings. The van der Waals surface area contributed by atoms with Crippen molar-refractivity contribution in [3.05, 3.63) is 155 Å². The molecule has 0 spiro atoms. The maximum atomic E-state index is 13.4. The Morgan fingerprint density at radius 2 is 1.15 bits per heavy atom. The summed E-state index contributed by atoms with van der Waals surface area (Å²) in [7, 11) is 0. The van der Waals surface area contributed by atoms with E-state index in [0.717, 1.165) is 5.56 Å². The third-order valence-corrected chi connectivity index (χ3v) is 7.33. The van der Waals surface area contributed by atoms with E-state index in [9.17, 15) is 14.4 Å². The van der Waals surface area contributed by atoms with Crippen molar-refractivity contribution in [2.45, 2.75) is 37.8 Å². The number of hydrogen-bond acceptors (Lipinski definition) is 10. The minimum absolute atomic E-state index is 0.0628. The highest BCUT2D eigenvalue weighted by Gasteiger charge is 2.48. The number of carbonyl (C=O) groups excluding carboxylic acids is 3. The lowest BCUT2D eigenvalue weighted by molar-refractivity contribution is -0.271. The van der Waals surface area contributed by atoms with Gasteiger partial charge in [-0.05, 0) is 42.0 Å². The molecular formula is C36H31N3O8. The lowest BCUT2D eigenvalue weighted by Gasteiger charge is -2.40. The van der Waals surface area contributed by atoms with Gasteiger partial charge in [0.25, 0.3) is 0 Å². The fourth-order valence-electron chi connectivity index (χ4n) is 4.99. The molecule has 238 valence electrons. The molecule has 0 bridgehead atoms. The Balaban J connectivity index is 1.26. The van der Waals surface area contributed by atoms with Crippen LogP contribution < -0.4 is 0 Å². The SMILES string of the molecule is O=C(O[C@H]1[C@H](OCc2cn(Cc3ccccc3)nn2)OC[C@@H](OC(=O)c2ccccc2)[C@H]1OC(=O)c1ccccc1)c1ccccc1. The number of ether oxygens (including phenoxy) is 5. The number of carbonyl (C=O) groups is 3.